The van der Waals surface area contributed by atoms with Crippen LogP contribution in [0.2, 0.25) is 10.0 Å². The van der Waals surface area contributed by atoms with Crippen LogP contribution < -0.4 is 9.62 Å². The number of sulfonamides is 1. The lowest BCUT2D eigenvalue weighted by molar-refractivity contribution is -0.139. The molecule has 13 heteroatoms. The molecule has 0 saturated carbocycles. The first-order valence-electron chi connectivity index (χ1n) is 13.5. The Morgan fingerprint density at radius 2 is 1.44 bits per heavy atom. The van der Waals surface area contributed by atoms with Crippen molar-refractivity contribution in [2.75, 3.05) is 17.9 Å². The number of alkyl halides is 3. The van der Waals surface area contributed by atoms with E-state index in [1.165, 1.54) is 36.2 Å². The van der Waals surface area contributed by atoms with E-state index in [9.17, 15) is 31.2 Å². The molecule has 1 atom stereocenters. The average molecular weight is 679 g/mol. The number of likely N-dealkylation sites (N-methyl/N-ethyl adjacent to an activating group) is 1. The number of benzene rings is 4. The SMILES string of the molecule is CNC(=O)[C@@H](Cc1ccccc1)N(Cc1ccc(Cl)cc1)C(=O)CN(c1ccc(Cl)c(C(F)(F)F)c1)S(=O)(=O)c1ccccc1. The molecular formula is C32H28Cl2F3N3O4S. The predicted molar refractivity (Wildman–Crippen MR) is 167 cm³/mol. The van der Waals surface area contributed by atoms with Gasteiger partial charge in [-0.1, -0.05) is 83.9 Å². The van der Waals surface area contributed by atoms with Crippen molar-refractivity contribution in [2.24, 2.45) is 0 Å². The molecule has 0 saturated heterocycles. The lowest BCUT2D eigenvalue weighted by Crippen LogP contribution is -2.53. The van der Waals surface area contributed by atoms with E-state index in [-0.39, 0.29) is 17.9 Å². The van der Waals surface area contributed by atoms with E-state index in [0.29, 0.717) is 21.0 Å². The van der Waals surface area contributed by atoms with Gasteiger partial charge in [-0.3, -0.25) is 13.9 Å². The Kier molecular flexibility index (Phi) is 10.8. The predicted octanol–water partition coefficient (Wildman–Crippen LogP) is 6.59. The number of hydrogen-bond donors (Lipinski definition) is 1. The van der Waals surface area contributed by atoms with Crippen molar-refractivity contribution >= 4 is 50.7 Å². The second kappa shape index (κ2) is 14.4. The normalized spacial score (nSPS) is 12.3. The highest BCUT2D eigenvalue weighted by Crippen LogP contribution is 2.38. The zero-order valence-electron chi connectivity index (χ0n) is 23.8. The van der Waals surface area contributed by atoms with E-state index in [1.54, 1.807) is 60.7 Å². The summed E-state index contributed by atoms with van der Waals surface area (Å²) in [6.45, 7) is -1.05. The fourth-order valence-corrected chi connectivity index (χ4v) is 6.42. The fourth-order valence-electron chi connectivity index (χ4n) is 4.64. The van der Waals surface area contributed by atoms with Crippen LogP contribution in [-0.4, -0.2) is 44.8 Å². The molecule has 0 spiro atoms. The monoisotopic (exact) mass is 677 g/mol. The Hall–Kier alpha value is -4.06. The van der Waals surface area contributed by atoms with Crippen LogP contribution in [0, 0.1) is 0 Å². The first-order valence-corrected chi connectivity index (χ1v) is 15.7. The van der Waals surface area contributed by atoms with Crippen molar-refractivity contribution < 1.29 is 31.2 Å². The summed E-state index contributed by atoms with van der Waals surface area (Å²) in [5.41, 5.74) is -0.401. The molecule has 0 aromatic heterocycles. The second-order valence-electron chi connectivity index (χ2n) is 9.95. The summed E-state index contributed by atoms with van der Waals surface area (Å²) in [4.78, 5) is 28.5. The summed E-state index contributed by atoms with van der Waals surface area (Å²) in [5, 5.41) is 2.36. The number of nitrogens with one attached hydrogen (secondary N) is 1. The molecule has 4 aromatic carbocycles. The van der Waals surface area contributed by atoms with Crippen molar-refractivity contribution in [1.82, 2.24) is 10.2 Å². The topological polar surface area (TPSA) is 86.8 Å². The number of carbonyl (C=O) groups excluding carboxylic acids is 2. The number of anilines is 1. The molecule has 0 fully saturated rings. The van der Waals surface area contributed by atoms with E-state index in [2.05, 4.69) is 5.32 Å². The van der Waals surface area contributed by atoms with Crippen molar-refractivity contribution in [3.05, 3.63) is 130 Å². The third kappa shape index (κ3) is 8.36. The largest absolute Gasteiger partial charge is 0.417 e. The maximum absolute atomic E-state index is 14.2. The van der Waals surface area contributed by atoms with Crippen LogP contribution in [0.4, 0.5) is 18.9 Å². The van der Waals surface area contributed by atoms with Gasteiger partial charge in [-0.25, -0.2) is 8.42 Å². The summed E-state index contributed by atoms with van der Waals surface area (Å²) in [6, 6.07) is 23.9. The van der Waals surface area contributed by atoms with Crippen LogP contribution in [0.1, 0.15) is 16.7 Å². The molecule has 2 amide bonds. The highest BCUT2D eigenvalue weighted by molar-refractivity contribution is 7.92. The summed E-state index contributed by atoms with van der Waals surface area (Å²) >= 11 is 11.9. The summed E-state index contributed by atoms with van der Waals surface area (Å²) in [6.07, 6.45) is -4.83. The molecular weight excluding hydrogens is 650 g/mol. The van der Waals surface area contributed by atoms with E-state index in [0.717, 1.165) is 17.7 Å². The molecule has 0 radical (unpaired) electrons. The minimum Gasteiger partial charge on any atom is -0.357 e. The average Bonchev–Trinajstić information content (AvgIpc) is 3.02. The maximum Gasteiger partial charge on any atom is 0.417 e. The van der Waals surface area contributed by atoms with Crippen molar-refractivity contribution in [1.29, 1.82) is 0 Å². The minimum absolute atomic E-state index is 0.0739. The molecule has 1 N–H and O–H groups in total. The van der Waals surface area contributed by atoms with Gasteiger partial charge in [0.1, 0.15) is 12.6 Å². The molecule has 45 heavy (non-hydrogen) atoms. The number of amides is 2. The summed E-state index contributed by atoms with van der Waals surface area (Å²) < 4.78 is 69.9. The third-order valence-electron chi connectivity index (χ3n) is 6.94. The first kappa shape index (κ1) is 33.8. The standard InChI is InChI=1S/C32H28Cl2F3N3O4S/c1-38-31(42)29(18-22-8-4-2-5-9-22)39(20-23-12-14-24(33)15-13-23)30(41)21-40(45(43,44)26-10-6-3-7-11-26)25-16-17-28(34)27(19-25)32(35,36)37/h2-17,19,29H,18,20-21H2,1H3,(H,38,42)/t29-/m1/s1. The van der Waals surface area contributed by atoms with Gasteiger partial charge >= 0.3 is 6.18 Å². The van der Waals surface area contributed by atoms with Crippen molar-refractivity contribution in [3.63, 3.8) is 0 Å². The Labute approximate surface area is 269 Å². The van der Waals surface area contributed by atoms with Crippen molar-refractivity contribution in [3.8, 4) is 0 Å². The van der Waals surface area contributed by atoms with Gasteiger partial charge in [-0.2, -0.15) is 13.2 Å². The van der Waals surface area contributed by atoms with E-state index in [4.69, 9.17) is 23.2 Å². The van der Waals surface area contributed by atoms with E-state index in [1.807, 2.05) is 0 Å². The Morgan fingerprint density at radius 1 is 0.844 bits per heavy atom. The smallest absolute Gasteiger partial charge is 0.357 e. The Bertz CT molecular complexity index is 1740. The number of hydrogen-bond acceptors (Lipinski definition) is 4. The van der Waals surface area contributed by atoms with Crippen LogP contribution in [0.25, 0.3) is 0 Å². The van der Waals surface area contributed by atoms with Gasteiger partial charge in [0.2, 0.25) is 11.8 Å². The van der Waals surface area contributed by atoms with Gasteiger partial charge in [-0.15, -0.1) is 0 Å². The number of nitrogens with zero attached hydrogens (tertiary/aromatic N) is 2. The minimum atomic E-state index is -4.90. The molecule has 236 valence electrons. The van der Waals surface area contributed by atoms with E-state index < -0.39 is 56.9 Å². The first-order chi connectivity index (χ1) is 21.3. The van der Waals surface area contributed by atoms with Gasteiger partial charge in [-0.05, 0) is 53.6 Å². The number of carbonyl (C=O) groups is 2. The zero-order chi connectivity index (χ0) is 32.8. The molecule has 0 aliphatic heterocycles. The highest BCUT2D eigenvalue weighted by atomic mass is 35.5. The van der Waals surface area contributed by atoms with Crippen LogP contribution >= 0.6 is 23.2 Å². The van der Waals surface area contributed by atoms with Crippen molar-refractivity contribution in [2.45, 2.75) is 30.1 Å². The molecule has 0 bridgehead atoms. The third-order valence-corrected chi connectivity index (χ3v) is 9.31. The molecule has 0 unspecified atom stereocenters. The molecule has 7 nitrogen and oxygen atoms in total. The molecule has 0 aliphatic rings. The molecule has 4 rings (SSSR count). The van der Waals surface area contributed by atoms with Gasteiger partial charge in [0, 0.05) is 25.0 Å². The number of rotatable bonds is 11. The molecule has 0 aliphatic carbocycles. The van der Waals surface area contributed by atoms with Gasteiger partial charge < -0.3 is 10.2 Å². The Morgan fingerprint density at radius 3 is 2.02 bits per heavy atom. The second-order valence-corrected chi connectivity index (χ2v) is 12.7. The quantitative estimate of drug-likeness (QED) is 0.194. The zero-order valence-corrected chi connectivity index (χ0v) is 26.2. The molecule has 4 aromatic rings. The molecule has 0 heterocycles. The van der Waals surface area contributed by atoms with Gasteiger partial charge in [0.15, 0.2) is 0 Å². The van der Waals surface area contributed by atoms with Gasteiger partial charge in [0.25, 0.3) is 10.0 Å². The van der Waals surface area contributed by atoms with Crippen LogP contribution in [0.5, 0.6) is 0 Å². The number of halogens is 5. The fraction of sp³-hybridized carbons (Fsp3) is 0.188. The van der Waals surface area contributed by atoms with Crippen LogP contribution in [-0.2, 0) is 38.8 Å². The summed E-state index contributed by atoms with van der Waals surface area (Å²) in [7, 11) is -3.18. The summed E-state index contributed by atoms with van der Waals surface area (Å²) in [5.74, 6) is -1.36. The lowest BCUT2D eigenvalue weighted by Gasteiger charge is -2.33. The van der Waals surface area contributed by atoms with Crippen LogP contribution in [0.3, 0.4) is 0 Å². The van der Waals surface area contributed by atoms with E-state index >= 15 is 0 Å². The highest BCUT2D eigenvalue weighted by Gasteiger charge is 2.37. The van der Waals surface area contributed by atoms with Gasteiger partial charge in [0.05, 0.1) is 21.2 Å². The lowest BCUT2D eigenvalue weighted by atomic mass is 10.0. The maximum atomic E-state index is 14.2. The Balaban J connectivity index is 1.83. The van der Waals surface area contributed by atoms with Crippen LogP contribution in [0.15, 0.2) is 108 Å².